The van der Waals surface area contributed by atoms with Crippen LogP contribution >= 0.6 is 0 Å². The van der Waals surface area contributed by atoms with E-state index < -0.39 is 5.41 Å². The largest absolute Gasteiger partial charge is 0.352 e. The van der Waals surface area contributed by atoms with Gasteiger partial charge in [0.2, 0.25) is 5.91 Å². The van der Waals surface area contributed by atoms with Crippen LogP contribution in [0, 0.1) is 22.6 Å². The van der Waals surface area contributed by atoms with Gasteiger partial charge in [-0.3, -0.25) is 4.79 Å². The van der Waals surface area contributed by atoms with Crippen molar-refractivity contribution in [3.63, 3.8) is 0 Å². The lowest BCUT2D eigenvalue weighted by Gasteiger charge is -2.41. The molecule has 3 saturated carbocycles. The van der Waals surface area contributed by atoms with Crippen molar-refractivity contribution in [1.82, 2.24) is 5.32 Å². The van der Waals surface area contributed by atoms with Gasteiger partial charge in [0.15, 0.2) is 0 Å². The fraction of sp³-hybridized carbons (Fsp3) is 0.682. The molecule has 3 aliphatic rings. The normalized spacial score (nSPS) is 35.0. The van der Waals surface area contributed by atoms with Crippen molar-refractivity contribution in [1.29, 1.82) is 0 Å². The third-order valence-electron chi connectivity index (χ3n) is 8.37. The molecule has 0 saturated heterocycles. The zero-order chi connectivity index (χ0) is 17.9. The Labute approximate surface area is 150 Å². The number of fused-ring (bicyclic) bond motifs is 2. The van der Waals surface area contributed by atoms with E-state index in [1.807, 2.05) is 6.07 Å². The first-order valence-electron chi connectivity index (χ1n) is 9.87. The standard InChI is InChI=1S/C22H30FNO/c1-20(2)15-9-12-21(20,3)18(14-15)24-19(25)22(10-4-5-11-22)16-7-6-8-17(23)13-16/h6-8,13,15,18H,4-5,9-12,14H2,1-3H3,(H,24,25)/t15-,18-,21+/m0/s1. The van der Waals surface area contributed by atoms with E-state index in [1.54, 1.807) is 12.1 Å². The molecule has 0 heterocycles. The van der Waals surface area contributed by atoms with Crippen LogP contribution < -0.4 is 5.32 Å². The minimum atomic E-state index is -0.537. The summed E-state index contributed by atoms with van der Waals surface area (Å²) in [5, 5.41) is 3.45. The minimum Gasteiger partial charge on any atom is -0.352 e. The van der Waals surface area contributed by atoms with E-state index in [-0.39, 0.29) is 28.6 Å². The molecule has 0 unspecified atom stereocenters. The Morgan fingerprint density at radius 2 is 1.88 bits per heavy atom. The second-order valence-corrected chi connectivity index (χ2v) is 9.44. The molecule has 0 spiro atoms. The number of nitrogens with one attached hydrogen (secondary N) is 1. The summed E-state index contributed by atoms with van der Waals surface area (Å²) in [7, 11) is 0. The van der Waals surface area contributed by atoms with Crippen molar-refractivity contribution in [3.8, 4) is 0 Å². The lowest BCUT2D eigenvalue weighted by atomic mass is 9.68. The van der Waals surface area contributed by atoms with E-state index >= 15 is 0 Å². The highest BCUT2D eigenvalue weighted by Crippen LogP contribution is 2.65. The van der Waals surface area contributed by atoms with Gasteiger partial charge in [-0.25, -0.2) is 4.39 Å². The van der Waals surface area contributed by atoms with E-state index in [2.05, 4.69) is 26.1 Å². The van der Waals surface area contributed by atoms with Gasteiger partial charge in [-0.2, -0.15) is 0 Å². The fourth-order valence-corrected chi connectivity index (χ4v) is 6.13. The molecule has 25 heavy (non-hydrogen) atoms. The van der Waals surface area contributed by atoms with Crippen LogP contribution in [0.1, 0.15) is 71.3 Å². The first kappa shape index (κ1) is 17.1. The zero-order valence-electron chi connectivity index (χ0n) is 15.7. The lowest BCUT2D eigenvalue weighted by Crippen LogP contribution is -2.52. The number of carbonyl (C=O) groups excluding carboxylic acids is 1. The molecule has 1 aromatic rings. The number of rotatable bonds is 3. The van der Waals surface area contributed by atoms with Crippen LogP contribution in [-0.4, -0.2) is 11.9 Å². The second-order valence-electron chi connectivity index (χ2n) is 9.44. The smallest absolute Gasteiger partial charge is 0.230 e. The van der Waals surface area contributed by atoms with Crippen LogP contribution in [0.3, 0.4) is 0 Å². The third-order valence-corrected chi connectivity index (χ3v) is 8.37. The van der Waals surface area contributed by atoms with E-state index in [4.69, 9.17) is 0 Å². The number of benzene rings is 1. The summed E-state index contributed by atoms with van der Waals surface area (Å²) in [5.41, 5.74) is 0.779. The molecule has 0 radical (unpaired) electrons. The molecule has 3 atom stereocenters. The van der Waals surface area contributed by atoms with Crippen molar-refractivity contribution in [3.05, 3.63) is 35.6 Å². The van der Waals surface area contributed by atoms with E-state index in [0.29, 0.717) is 5.92 Å². The Morgan fingerprint density at radius 3 is 2.44 bits per heavy atom. The first-order chi connectivity index (χ1) is 11.8. The molecule has 2 nitrogen and oxygen atoms in total. The van der Waals surface area contributed by atoms with Gasteiger partial charge in [0.05, 0.1) is 5.41 Å². The molecule has 3 aliphatic carbocycles. The highest BCUT2D eigenvalue weighted by Gasteiger charge is 2.62. The SMILES string of the molecule is CC1(C)[C@H]2CC[C@]1(C)[C@@H](NC(=O)C1(c3cccc(F)c3)CCCC1)C2. The topological polar surface area (TPSA) is 29.1 Å². The molecule has 136 valence electrons. The van der Waals surface area contributed by atoms with Gasteiger partial charge in [0.1, 0.15) is 5.82 Å². The maximum atomic E-state index is 13.8. The molecule has 1 aromatic carbocycles. The maximum Gasteiger partial charge on any atom is 0.230 e. The summed E-state index contributed by atoms with van der Waals surface area (Å²) < 4.78 is 13.8. The van der Waals surface area contributed by atoms with Crippen LogP contribution in [-0.2, 0) is 10.2 Å². The van der Waals surface area contributed by atoms with E-state index in [9.17, 15) is 9.18 Å². The molecule has 3 heteroatoms. The Kier molecular flexibility index (Phi) is 3.79. The molecule has 2 bridgehead atoms. The van der Waals surface area contributed by atoms with Gasteiger partial charge in [-0.05, 0) is 66.5 Å². The van der Waals surface area contributed by atoms with Gasteiger partial charge in [0.25, 0.3) is 0 Å². The molecule has 1 N–H and O–H groups in total. The summed E-state index contributed by atoms with van der Waals surface area (Å²) in [5.74, 6) is 0.589. The third kappa shape index (κ3) is 2.30. The fourth-order valence-electron chi connectivity index (χ4n) is 6.13. The van der Waals surface area contributed by atoms with Crippen molar-refractivity contribution in [2.75, 3.05) is 0 Å². The van der Waals surface area contributed by atoms with Crippen molar-refractivity contribution >= 4 is 5.91 Å². The quantitative estimate of drug-likeness (QED) is 0.825. The van der Waals surface area contributed by atoms with Gasteiger partial charge in [0, 0.05) is 6.04 Å². The van der Waals surface area contributed by atoms with Crippen LogP contribution in [0.2, 0.25) is 0 Å². The summed E-state index contributed by atoms with van der Waals surface area (Å²) in [6, 6.07) is 6.95. The predicted octanol–water partition coefficient (Wildman–Crippen LogP) is 4.97. The van der Waals surface area contributed by atoms with Crippen LogP contribution in [0.25, 0.3) is 0 Å². The number of hydrogen-bond donors (Lipinski definition) is 1. The summed E-state index contributed by atoms with van der Waals surface area (Å²) in [6.07, 6.45) is 7.32. The highest BCUT2D eigenvalue weighted by molar-refractivity contribution is 5.89. The second kappa shape index (κ2) is 5.56. The molecule has 0 aliphatic heterocycles. The molecular weight excluding hydrogens is 313 g/mol. The van der Waals surface area contributed by atoms with Gasteiger partial charge in [-0.1, -0.05) is 45.7 Å². The monoisotopic (exact) mass is 343 g/mol. The van der Waals surface area contributed by atoms with Crippen LogP contribution in [0.15, 0.2) is 24.3 Å². The number of halogens is 1. The Hall–Kier alpha value is -1.38. The van der Waals surface area contributed by atoms with Crippen LogP contribution in [0.4, 0.5) is 4.39 Å². The van der Waals surface area contributed by atoms with Crippen molar-refractivity contribution in [2.45, 2.75) is 77.2 Å². The Balaban J connectivity index is 1.61. The van der Waals surface area contributed by atoms with Crippen LogP contribution in [0.5, 0.6) is 0 Å². The Morgan fingerprint density at radius 1 is 1.16 bits per heavy atom. The number of amides is 1. The van der Waals surface area contributed by atoms with E-state index in [1.165, 1.54) is 18.9 Å². The Bertz CT molecular complexity index is 691. The summed E-state index contributed by atoms with van der Waals surface area (Å²) in [6.45, 7) is 7.10. The number of hydrogen-bond acceptors (Lipinski definition) is 1. The van der Waals surface area contributed by atoms with Crippen molar-refractivity contribution in [2.24, 2.45) is 16.7 Å². The average molecular weight is 343 g/mol. The average Bonchev–Trinajstić information content (AvgIpc) is 3.19. The summed E-state index contributed by atoms with van der Waals surface area (Å²) >= 11 is 0. The summed E-state index contributed by atoms with van der Waals surface area (Å²) in [4.78, 5) is 13.4. The molecule has 3 fully saturated rings. The van der Waals surface area contributed by atoms with Gasteiger partial charge in [-0.15, -0.1) is 0 Å². The maximum absolute atomic E-state index is 13.8. The molecule has 1 amide bonds. The highest BCUT2D eigenvalue weighted by atomic mass is 19.1. The number of carbonyl (C=O) groups is 1. The molecule has 0 aromatic heterocycles. The van der Waals surface area contributed by atoms with Gasteiger partial charge >= 0.3 is 0 Å². The molecule has 4 rings (SSSR count). The molecular formula is C22H30FNO. The van der Waals surface area contributed by atoms with Gasteiger partial charge < -0.3 is 5.32 Å². The first-order valence-corrected chi connectivity index (χ1v) is 9.87. The predicted molar refractivity (Wildman–Crippen MR) is 97.7 cm³/mol. The van der Waals surface area contributed by atoms with Crippen molar-refractivity contribution < 1.29 is 9.18 Å². The lowest BCUT2D eigenvalue weighted by molar-refractivity contribution is -0.128. The minimum absolute atomic E-state index is 0.130. The van der Waals surface area contributed by atoms with E-state index in [0.717, 1.165) is 37.7 Å². The zero-order valence-corrected chi connectivity index (χ0v) is 15.7.